The molecule has 2 aliphatic heterocycles. The summed E-state index contributed by atoms with van der Waals surface area (Å²) >= 11 is 3.31. The van der Waals surface area contributed by atoms with Gasteiger partial charge in [-0.3, -0.25) is 24.4 Å². The minimum Gasteiger partial charge on any atom is -0.490 e. The lowest BCUT2D eigenvalue weighted by Gasteiger charge is -2.41. The van der Waals surface area contributed by atoms with Crippen molar-refractivity contribution in [1.82, 2.24) is 25.4 Å². The number of hydrogen-bond donors (Lipinski definition) is 4. The number of thiophene rings is 2. The second kappa shape index (κ2) is 15.5. The summed E-state index contributed by atoms with van der Waals surface area (Å²) in [5, 5.41) is 30.3. The highest BCUT2D eigenvalue weighted by Gasteiger charge is 2.38. The van der Waals surface area contributed by atoms with Crippen LogP contribution in [0.3, 0.4) is 0 Å². The Balaban J connectivity index is 1.15. The van der Waals surface area contributed by atoms with Crippen LogP contribution in [0.4, 0.5) is 13.2 Å². The summed E-state index contributed by atoms with van der Waals surface area (Å²) in [5.41, 5.74) is 1.47. The monoisotopic (exact) mass is 717 g/mol. The van der Waals surface area contributed by atoms with Crippen LogP contribution in [0.15, 0.2) is 66.3 Å². The Bertz CT molecular complexity index is 1690. The van der Waals surface area contributed by atoms with E-state index in [-0.39, 0.29) is 38.4 Å². The third-order valence-corrected chi connectivity index (χ3v) is 11.1. The molecule has 0 spiro atoms. The Morgan fingerprint density at radius 3 is 2.69 bits per heavy atom. The second-order valence-electron chi connectivity index (χ2n) is 12.5. The summed E-state index contributed by atoms with van der Waals surface area (Å²) in [4.78, 5) is 35.9. The summed E-state index contributed by atoms with van der Waals surface area (Å²) in [6.07, 6.45) is -3.12. The van der Waals surface area contributed by atoms with Gasteiger partial charge in [0, 0.05) is 66.9 Å². The molecule has 10 nitrogen and oxygen atoms in total. The number of rotatable bonds is 12. The molecule has 0 saturated carbocycles. The maximum absolute atomic E-state index is 13.8. The Hall–Kier alpha value is -3.60. The highest BCUT2D eigenvalue weighted by Crippen LogP contribution is 2.33. The quantitative estimate of drug-likeness (QED) is 0.175. The SMILES string of the molecule is O=C(N[C@H]1c2ccccc2OC[C@H]1O)[C@H](Cc1ccncc1)C[C@H](O)CN1CCN(Cc2cc3ccsc3s2)C[C@H]1C(=O)NCC(F)(F)F. The number of aromatic nitrogens is 1. The van der Waals surface area contributed by atoms with Gasteiger partial charge < -0.3 is 25.6 Å². The standard InChI is InChI=1S/C34H38F3N5O5S2/c35-34(36,37)20-39-32(46)27-18-41(17-25-15-22-7-12-48-33(22)49-25)10-11-42(27)16-24(43)14-23(13-21-5-8-38-9-6-21)31(45)40-30-26-3-1-2-4-29(26)47-19-28(30)44/h1-9,12,15,23-24,27-28,30,43-44H,10-11,13-14,16-20H2,(H,39,46)(H,40,45)/t23-,24+,27+,28-,30+/m1/s1. The molecule has 2 aliphatic rings. The van der Waals surface area contributed by atoms with E-state index in [2.05, 4.69) is 16.4 Å². The number of β-amino-alcohol motifs (C(OH)–C–C–N with tert-alkyl or cyclic N) is 1. The number of nitrogens with one attached hydrogen (secondary N) is 2. The van der Waals surface area contributed by atoms with Gasteiger partial charge in [0.15, 0.2) is 0 Å². The number of pyridine rings is 1. The average Bonchev–Trinajstić information content (AvgIpc) is 3.67. The van der Waals surface area contributed by atoms with Gasteiger partial charge in [0.1, 0.15) is 31.0 Å². The van der Waals surface area contributed by atoms with E-state index < -0.39 is 48.8 Å². The molecular formula is C34H38F3N5O5S2. The van der Waals surface area contributed by atoms with Gasteiger partial charge in [0.2, 0.25) is 11.8 Å². The van der Waals surface area contributed by atoms with Crippen molar-refractivity contribution in [1.29, 1.82) is 0 Å². The minimum atomic E-state index is -4.57. The van der Waals surface area contributed by atoms with Crippen LogP contribution in [-0.2, 0) is 22.6 Å². The third-order valence-electron chi connectivity index (χ3n) is 8.87. The Morgan fingerprint density at radius 2 is 1.92 bits per heavy atom. The molecule has 5 atom stereocenters. The number of carbonyl (C=O) groups is 2. The molecule has 5 heterocycles. The summed E-state index contributed by atoms with van der Waals surface area (Å²) < 4.78 is 46.0. The van der Waals surface area contributed by atoms with E-state index in [1.54, 1.807) is 76.4 Å². The number of amides is 2. The molecular weight excluding hydrogens is 680 g/mol. The zero-order chi connectivity index (χ0) is 34.5. The highest BCUT2D eigenvalue weighted by atomic mass is 32.2. The normalized spacial score (nSPS) is 21.4. The van der Waals surface area contributed by atoms with E-state index in [1.807, 2.05) is 21.7 Å². The van der Waals surface area contributed by atoms with Crippen LogP contribution in [-0.4, -0.2) is 101 Å². The zero-order valence-electron chi connectivity index (χ0n) is 26.5. The number of hydrogen-bond acceptors (Lipinski definition) is 10. The molecule has 3 aromatic heterocycles. The van der Waals surface area contributed by atoms with Gasteiger partial charge in [-0.25, -0.2) is 0 Å². The smallest absolute Gasteiger partial charge is 0.405 e. The lowest BCUT2D eigenvalue weighted by atomic mass is 9.91. The first-order valence-corrected chi connectivity index (χ1v) is 17.8. The number of ether oxygens (including phenoxy) is 1. The van der Waals surface area contributed by atoms with Crippen LogP contribution in [0.1, 0.15) is 28.5 Å². The van der Waals surface area contributed by atoms with Crippen molar-refractivity contribution in [2.75, 3.05) is 39.3 Å². The summed E-state index contributed by atoms with van der Waals surface area (Å²) in [7, 11) is 0. The Kier molecular flexibility index (Phi) is 11.2. The van der Waals surface area contributed by atoms with E-state index in [0.717, 1.165) is 15.8 Å². The summed E-state index contributed by atoms with van der Waals surface area (Å²) in [6.45, 7) is 0.167. The number of fused-ring (bicyclic) bond motifs is 2. The first-order chi connectivity index (χ1) is 23.5. The highest BCUT2D eigenvalue weighted by molar-refractivity contribution is 7.37. The van der Waals surface area contributed by atoms with Gasteiger partial charge in [0.25, 0.3) is 0 Å². The van der Waals surface area contributed by atoms with E-state index >= 15 is 0 Å². The third kappa shape index (κ3) is 9.15. The zero-order valence-corrected chi connectivity index (χ0v) is 28.1. The molecule has 1 aromatic carbocycles. The van der Waals surface area contributed by atoms with Crippen molar-refractivity contribution >= 4 is 43.9 Å². The van der Waals surface area contributed by atoms with Crippen molar-refractivity contribution in [3.63, 3.8) is 0 Å². The number of benzene rings is 1. The lowest BCUT2D eigenvalue weighted by molar-refractivity contribution is -0.143. The minimum absolute atomic E-state index is 0.00813. The maximum Gasteiger partial charge on any atom is 0.405 e. The topological polar surface area (TPSA) is 127 Å². The second-order valence-corrected chi connectivity index (χ2v) is 14.8. The molecule has 262 valence electrons. The molecule has 1 fully saturated rings. The molecule has 1 saturated heterocycles. The van der Waals surface area contributed by atoms with Gasteiger partial charge in [-0.1, -0.05) is 18.2 Å². The molecule has 2 amide bonds. The predicted octanol–water partition coefficient (Wildman–Crippen LogP) is 3.74. The fourth-order valence-corrected chi connectivity index (χ4v) is 8.66. The van der Waals surface area contributed by atoms with Crippen molar-refractivity contribution in [2.24, 2.45) is 5.92 Å². The summed E-state index contributed by atoms with van der Waals surface area (Å²) in [6, 6.07) is 13.2. The number of halogens is 3. The lowest BCUT2D eigenvalue weighted by Crippen LogP contribution is -2.60. The largest absolute Gasteiger partial charge is 0.490 e. The van der Waals surface area contributed by atoms with Crippen LogP contribution in [0.5, 0.6) is 5.75 Å². The van der Waals surface area contributed by atoms with Gasteiger partial charge in [-0.15, -0.1) is 22.7 Å². The fourth-order valence-electron chi connectivity index (χ4n) is 6.46. The number of aliphatic hydroxyl groups is 2. The van der Waals surface area contributed by atoms with Gasteiger partial charge in [0.05, 0.1) is 16.2 Å². The summed E-state index contributed by atoms with van der Waals surface area (Å²) in [5.74, 6) is -1.31. The molecule has 15 heteroatoms. The number of carbonyl (C=O) groups excluding carboxylic acids is 2. The van der Waals surface area contributed by atoms with Crippen LogP contribution < -0.4 is 15.4 Å². The van der Waals surface area contributed by atoms with Gasteiger partial charge >= 0.3 is 6.18 Å². The first kappa shape index (κ1) is 35.2. The van der Waals surface area contributed by atoms with Crippen LogP contribution in [0.25, 0.3) is 9.40 Å². The molecule has 0 bridgehead atoms. The molecule has 0 unspecified atom stereocenters. The Morgan fingerprint density at radius 1 is 1.12 bits per heavy atom. The fraction of sp³-hybridized carbons (Fsp3) is 0.441. The number of nitrogens with zero attached hydrogens (tertiary/aromatic N) is 3. The van der Waals surface area contributed by atoms with E-state index in [4.69, 9.17) is 4.74 Å². The first-order valence-electron chi connectivity index (χ1n) is 16.1. The van der Waals surface area contributed by atoms with E-state index in [1.165, 1.54) is 4.01 Å². The van der Waals surface area contributed by atoms with Crippen LogP contribution in [0.2, 0.25) is 0 Å². The Labute approximate surface area is 289 Å². The van der Waals surface area contributed by atoms with Crippen molar-refractivity contribution in [3.05, 3.63) is 82.3 Å². The number of alkyl halides is 3. The van der Waals surface area contributed by atoms with Crippen LogP contribution in [0, 0.1) is 5.92 Å². The molecule has 49 heavy (non-hydrogen) atoms. The molecule has 4 aromatic rings. The maximum atomic E-state index is 13.8. The van der Waals surface area contributed by atoms with Gasteiger partial charge in [-0.05, 0) is 54.1 Å². The molecule has 6 rings (SSSR count). The van der Waals surface area contributed by atoms with Crippen molar-refractivity contribution in [2.45, 2.75) is 49.9 Å². The number of para-hydroxylation sites is 1. The number of aliphatic hydroxyl groups excluding tert-OH is 2. The van der Waals surface area contributed by atoms with Crippen molar-refractivity contribution in [3.8, 4) is 5.75 Å². The molecule has 0 radical (unpaired) electrons. The van der Waals surface area contributed by atoms with Crippen LogP contribution >= 0.6 is 22.7 Å². The average molecular weight is 718 g/mol. The molecule has 0 aliphatic carbocycles. The van der Waals surface area contributed by atoms with E-state index in [9.17, 15) is 33.0 Å². The van der Waals surface area contributed by atoms with E-state index in [0.29, 0.717) is 30.9 Å². The van der Waals surface area contributed by atoms with Gasteiger partial charge in [-0.2, -0.15) is 13.2 Å². The van der Waals surface area contributed by atoms with Crippen molar-refractivity contribution < 1.29 is 37.7 Å². The molecule has 4 N–H and O–H groups in total. The number of piperazine rings is 1. The predicted molar refractivity (Wildman–Crippen MR) is 180 cm³/mol.